The molecule has 3 rings (SSSR count). The zero-order valence-corrected chi connectivity index (χ0v) is 16.3. The molecular weight excluding hydrogens is 379 g/mol. The van der Waals surface area contributed by atoms with E-state index in [4.69, 9.17) is 19.1 Å². The van der Waals surface area contributed by atoms with Gasteiger partial charge in [0.15, 0.2) is 0 Å². The smallest absolute Gasteiger partial charge is 0.290 e. The van der Waals surface area contributed by atoms with Crippen LogP contribution >= 0.6 is 0 Å². The van der Waals surface area contributed by atoms with Crippen molar-refractivity contribution in [3.63, 3.8) is 0 Å². The van der Waals surface area contributed by atoms with Gasteiger partial charge in [-0.05, 0) is 48.9 Å². The Hall–Kier alpha value is -3.68. The predicted octanol–water partition coefficient (Wildman–Crippen LogP) is 3.77. The van der Waals surface area contributed by atoms with Crippen molar-refractivity contribution >= 4 is 12.4 Å². The molecule has 0 aliphatic rings. The van der Waals surface area contributed by atoms with E-state index in [2.05, 4.69) is 4.98 Å². The Morgan fingerprint density at radius 2 is 2.07 bits per heavy atom. The molecule has 7 nitrogen and oxygen atoms in total. The van der Waals surface area contributed by atoms with Crippen LogP contribution in [-0.2, 0) is 11.3 Å². The first-order valence-corrected chi connectivity index (χ1v) is 8.57. The van der Waals surface area contributed by atoms with Crippen molar-refractivity contribution in [2.24, 2.45) is 0 Å². The van der Waals surface area contributed by atoms with E-state index in [1.165, 1.54) is 24.1 Å². The molecule has 0 bridgehead atoms. The summed E-state index contributed by atoms with van der Waals surface area (Å²) in [5, 5.41) is 6.89. The lowest BCUT2D eigenvalue weighted by Gasteiger charge is -2.17. The molecule has 0 spiro atoms. The van der Waals surface area contributed by atoms with Crippen molar-refractivity contribution in [1.29, 1.82) is 0 Å². The van der Waals surface area contributed by atoms with E-state index in [1.54, 1.807) is 43.8 Å². The number of hydrogen-bond donors (Lipinski definition) is 1. The summed E-state index contributed by atoms with van der Waals surface area (Å²) in [6, 6.07) is 9.60. The quantitative estimate of drug-likeness (QED) is 0.656. The van der Waals surface area contributed by atoms with Crippen LogP contribution in [0.2, 0.25) is 0 Å². The SMILES string of the molecule is COc1cnc(C)cc1-c1cc(F)cc(C(=O)N(C)Cc2ccco2)c1.O=CO. The van der Waals surface area contributed by atoms with Crippen LogP contribution in [0.1, 0.15) is 21.8 Å². The number of nitrogens with zero attached hydrogens (tertiary/aromatic N) is 2. The van der Waals surface area contributed by atoms with Crippen molar-refractivity contribution in [3.8, 4) is 16.9 Å². The first-order valence-electron chi connectivity index (χ1n) is 8.57. The fourth-order valence-corrected chi connectivity index (χ4v) is 2.73. The molecule has 2 heterocycles. The van der Waals surface area contributed by atoms with Gasteiger partial charge in [-0.1, -0.05) is 0 Å². The van der Waals surface area contributed by atoms with Crippen LogP contribution < -0.4 is 4.74 Å². The Kier molecular flexibility index (Phi) is 7.47. The van der Waals surface area contributed by atoms with Crippen LogP contribution in [0.15, 0.2) is 53.3 Å². The summed E-state index contributed by atoms with van der Waals surface area (Å²) in [5.41, 5.74) is 2.27. The van der Waals surface area contributed by atoms with E-state index in [0.29, 0.717) is 29.2 Å². The van der Waals surface area contributed by atoms with E-state index >= 15 is 0 Å². The standard InChI is InChI=1S/C20H19FN2O3.CH2O2/c1-13-7-18(19(25-3)11-22-13)14-8-15(10-16(21)9-14)20(24)23(2)12-17-5-4-6-26-17;2-1-3/h4-11H,12H2,1-3H3;1H,(H,2,3). The van der Waals surface area contributed by atoms with Crippen LogP contribution in [0.25, 0.3) is 11.1 Å². The highest BCUT2D eigenvalue weighted by atomic mass is 19.1. The molecule has 0 saturated heterocycles. The molecule has 0 saturated carbocycles. The summed E-state index contributed by atoms with van der Waals surface area (Å²) < 4.78 is 24.8. The fourth-order valence-electron chi connectivity index (χ4n) is 2.73. The molecule has 0 unspecified atom stereocenters. The molecule has 1 aromatic carbocycles. The van der Waals surface area contributed by atoms with E-state index < -0.39 is 5.82 Å². The topological polar surface area (TPSA) is 92.9 Å². The average molecular weight is 400 g/mol. The number of amides is 1. The van der Waals surface area contributed by atoms with Gasteiger partial charge in [-0.25, -0.2) is 4.39 Å². The number of hydrogen-bond acceptors (Lipinski definition) is 5. The molecule has 152 valence electrons. The van der Waals surface area contributed by atoms with Crippen LogP contribution in [-0.4, -0.2) is 41.5 Å². The maximum atomic E-state index is 14.2. The Labute approximate surface area is 167 Å². The molecule has 8 heteroatoms. The van der Waals surface area contributed by atoms with Gasteiger partial charge in [-0.15, -0.1) is 0 Å². The van der Waals surface area contributed by atoms with E-state index in [9.17, 15) is 9.18 Å². The third-order valence-electron chi connectivity index (χ3n) is 4.00. The molecule has 0 aliphatic carbocycles. The molecule has 1 N–H and O–H groups in total. The molecule has 2 aromatic heterocycles. The lowest BCUT2D eigenvalue weighted by Crippen LogP contribution is -2.26. The Morgan fingerprint density at radius 3 is 2.69 bits per heavy atom. The highest BCUT2D eigenvalue weighted by molar-refractivity contribution is 5.95. The zero-order chi connectivity index (χ0) is 21.4. The summed E-state index contributed by atoms with van der Waals surface area (Å²) >= 11 is 0. The number of carbonyl (C=O) groups excluding carboxylic acids is 1. The van der Waals surface area contributed by atoms with Gasteiger partial charge in [0.05, 0.1) is 26.1 Å². The van der Waals surface area contributed by atoms with Gasteiger partial charge in [0, 0.05) is 23.9 Å². The number of rotatable bonds is 5. The molecule has 29 heavy (non-hydrogen) atoms. The van der Waals surface area contributed by atoms with E-state index in [1.807, 2.05) is 6.92 Å². The predicted molar refractivity (Wildman–Crippen MR) is 104 cm³/mol. The van der Waals surface area contributed by atoms with Gasteiger partial charge in [0.1, 0.15) is 17.3 Å². The number of ether oxygens (including phenoxy) is 1. The maximum absolute atomic E-state index is 14.2. The number of aryl methyl sites for hydroxylation is 1. The minimum absolute atomic E-state index is 0.250. The van der Waals surface area contributed by atoms with Gasteiger partial charge in [-0.3, -0.25) is 14.6 Å². The van der Waals surface area contributed by atoms with E-state index in [-0.39, 0.29) is 17.9 Å². The maximum Gasteiger partial charge on any atom is 0.290 e. The van der Waals surface area contributed by atoms with Crippen molar-refractivity contribution in [3.05, 3.63) is 71.7 Å². The Bertz CT molecular complexity index is 973. The lowest BCUT2D eigenvalue weighted by atomic mass is 10.0. The summed E-state index contributed by atoms with van der Waals surface area (Å²) in [6.07, 6.45) is 3.13. The Morgan fingerprint density at radius 1 is 1.34 bits per heavy atom. The number of aromatic nitrogens is 1. The van der Waals surface area contributed by atoms with Gasteiger partial charge >= 0.3 is 0 Å². The number of pyridine rings is 1. The van der Waals surface area contributed by atoms with Crippen molar-refractivity contribution in [1.82, 2.24) is 9.88 Å². The third kappa shape index (κ3) is 5.65. The number of benzene rings is 1. The summed E-state index contributed by atoms with van der Waals surface area (Å²) in [4.78, 5) is 26.7. The number of methoxy groups -OCH3 is 1. The fraction of sp³-hybridized carbons (Fsp3) is 0.190. The Balaban J connectivity index is 0.000000941. The average Bonchev–Trinajstić information content (AvgIpc) is 3.20. The molecule has 3 aromatic rings. The monoisotopic (exact) mass is 400 g/mol. The first-order chi connectivity index (χ1) is 13.9. The summed E-state index contributed by atoms with van der Waals surface area (Å²) in [6.45, 7) is 1.89. The number of halogens is 1. The van der Waals surface area contributed by atoms with Crippen molar-refractivity contribution in [2.75, 3.05) is 14.2 Å². The molecule has 0 fully saturated rings. The van der Waals surface area contributed by atoms with Gasteiger partial charge in [-0.2, -0.15) is 0 Å². The number of carbonyl (C=O) groups is 2. The third-order valence-corrected chi connectivity index (χ3v) is 4.00. The summed E-state index contributed by atoms with van der Waals surface area (Å²) in [7, 11) is 3.17. The highest BCUT2D eigenvalue weighted by Crippen LogP contribution is 2.31. The zero-order valence-electron chi connectivity index (χ0n) is 16.3. The van der Waals surface area contributed by atoms with Gasteiger partial charge < -0.3 is 19.2 Å². The second-order valence-electron chi connectivity index (χ2n) is 6.10. The second-order valence-corrected chi connectivity index (χ2v) is 6.10. The normalized spacial score (nSPS) is 9.93. The molecule has 0 aliphatic heterocycles. The summed E-state index contributed by atoms with van der Waals surface area (Å²) in [5.74, 6) is 0.383. The number of carboxylic acid groups (broad SMARTS) is 1. The van der Waals surface area contributed by atoms with Crippen LogP contribution in [0.4, 0.5) is 4.39 Å². The van der Waals surface area contributed by atoms with Gasteiger partial charge in [0.25, 0.3) is 12.4 Å². The molecule has 0 radical (unpaired) electrons. The largest absolute Gasteiger partial charge is 0.494 e. The lowest BCUT2D eigenvalue weighted by molar-refractivity contribution is -0.122. The van der Waals surface area contributed by atoms with Gasteiger partial charge in [0.2, 0.25) is 0 Å². The van der Waals surface area contributed by atoms with Crippen molar-refractivity contribution < 1.29 is 28.2 Å². The number of furan rings is 1. The van der Waals surface area contributed by atoms with Crippen molar-refractivity contribution in [2.45, 2.75) is 13.5 Å². The molecule has 0 atom stereocenters. The van der Waals surface area contributed by atoms with E-state index in [0.717, 1.165) is 5.69 Å². The highest BCUT2D eigenvalue weighted by Gasteiger charge is 2.17. The minimum Gasteiger partial charge on any atom is -0.494 e. The molecule has 1 amide bonds. The van der Waals surface area contributed by atoms with Crippen LogP contribution in [0.3, 0.4) is 0 Å². The minimum atomic E-state index is -0.492. The van der Waals surface area contributed by atoms with Crippen LogP contribution in [0, 0.1) is 12.7 Å². The first kappa shape index (κ1) is 21.6. The molecular formula is C21H21FN2O5. The second kappa shape index (κ2) is 10.0. The van der Waals surface area contributed by atoms with Crippen LogP contribution in [0.5, 0.6) is 5.75 Å².